The van der Waals surface area contributed by atoms with Crippen molar-refractivity contribution in [3.05, 3.63) is 145 Å². The number of benzene rings is 5. The van der Waals surface area contributed by atoms with Gasteiger partial charge in [0.25, 0.3) is 0 Å². The summed E-state index contributed by atoms with van der Waals surface area (Å²) in [4.78, 5) is 0. The molecule has 0 radical (unpaired) electrons. The molecule has 0 heterocycles. The van der Waals surface area contributed by atoms with Gasteiger partial charge in [-0.2, -0.15) is 0 Å². The van der Waals surface area contributed by atoms with Gasteiger partial charge in [0, 0.05) is 11.1 Å². The quantitative estimate of drug-likeness (QED) is 0.266. The molecule has 150 valence electrons. The molecule has 0 spiro atoms. The predicted molar refractivity (Wildman–Crippen MR) is 135 cm³/mol. The maximum absolute atomic E-state index is 3.26. The molecule has 0 fully saturated rings. The van der Waals surface area contributed by atoms with Crippen LogP contribution in [-0.2, 0) is 0 Å². The lowest BCUT2D eigenvalue weighted by atomic mass is 9.93. The van der Waals surface area contributed by atoms with Crippen LogP contribution in [0.4, 0.5) is 0 Å². The molecule has 32 heavy (non-hydrogen) atoms. The summed E-state index contributed by atoms with van der Waals surface area (Å²) in [6.07, 6.45) is 0. The van der Waals surface area contributed by atoms with E-state index in [1.54, 1.807) is 0 Å². The Balaban J connectivity index is 1.43. The molecule has 0 N–H and O–H groups in total. The van der Waals surface area contributed by atoms with E-state index in [1.807, 2.05) is 36.4 Å². The Morgan fingerprint density at radius 3 is 1.22 bits per heavy atom. The number of rotatable bonds is 3. The first-order valence-corrected chi connectivity index (χ1v) is 10.8. The average molecular weight is 407 g/mol. The maximum Gasteiger partial charge on any atom is 0.0249 e. The molecule has 0 heteroatoms. The van der Waals surface area contributed by atoms with Crippen molar-refractivity contribution in [3.8, 4) is 45.2 Å². The first-order valence-electron chi connectivity index (χ1n) is 10.8. The lowest BCUT2D eigenvalue weighted by molar-refractivity contribution is 1.56. The molecule has 0 saturated carbocycles. The van der Waals surface area contributed by atoms with Crippen LogP contribution in [0.1, 0.15) is 11.1 Å². The Labute approximate surface area is 189 Å². The molecule has 0 aromatic heterocycles. The van der Waals surface area contributed by atoms with Gasteiger partial charge in [-0.1, -0.05) is 121 Å². The number of hydrogen-bond donors (Lipinski definition) is 0. The third-order valence-electron chi connectivity index (χ3n) is 5.55. The van der Waals surface area contributed by atoms with E-state index in [4.69, 9.17) is 0 Å². The molecule has 5 rings (SSSR count). The topological polar surface area (TPSA) is 0 Å². The molecule has 0 aliphatic carbocycles. The molecular formula is C32H22. The van der Waals surface area contributed by atoms with Gasteiger partial charge in [0.05, 0.1) is 0 Å². The molecule has 0 aliphatic rings. The normalized spacial score (nSPS) is 10.2. The zero-order valence-electron chi connectivity index (χ0n) is 17.7. The predicted octanol–water partition coefficient (Wildman–Crippen LogP) is 8.09. The van der Waals surface area contributed by atoms with Gasteiger partial charge in [-0.25, -0.2) is 0 Å². The minimum atomic E-state index is 1.02. The van der Waals surface area contributed by atoms with Crippen LogP contribution in [-0.4, -0.2) is 0 Å². The van der Waals surface area contributed by atoms with Crippen molar-refractivity contribution in [1.82, 2.24) is 0 Å². The van der Waals surface area contributed by atoms with E-state index in [9.17, 15) is 0 Å². The average Bonchev–Trinajstić information content (AvgIpc) is 2.89. The third-order valence-corrected chi connectivity index (χ3v) is 5.55. The smallest absolute Gasteiger partial charge is 0.0249 e. The van der Waals surface area contributed by atoms with Crippen LogP contribution in [0, 0.1) is 11.8 Å². The van der Waals surface area contributed by atoms with Crippen molar-refractivity contribution >= 4 is 0 Å². The summed E-state index contributed by atoms with van der Waals surface area (Å²) in [7, 11) is 0. The van der Waals surface area contributed by atoms with E-state index in [1.165, 1.54) is 33.4 Å². The molecule has 0 saturated heterocycles. The molecule has 0 aliphatic heterocycles. The monoisotopic (exact) mass is 406 g/mol. The first kappa shape index (κ1) is 19.6. The van der Waals surface area contributed by atoms with E-state index in [2.05, 4.69) is 109 Å². The zero-order valence-corrected chi connectivity index (χ0v) is 17.7. The van der Waals surface area contributed by atoms with Crippen molar-refractivity contribution < 1.29 is 0 Å². The fraction of sp³-hybridized carbons (Fsp3) is 0. The van der Waals surface area contributed by atoms with E-state index in [-0.39, 0.29) is 0 Å². The van der Waals surface area contributed by atoms with Gasteiger partial charge in [-0.15, -0.1) is 0 Å². The van der Waals surface area contributed by atoms with Gasteiger partial charge in [0.15, 0.2) is 0 Å². The first-order chi connectivity index (χ1) is 15.9. The summed E-state index contributed by atoms with van der Waals surface area (Å²) in [5.41, 5.74) is 9.37. The molecule has 5 aromatic rings. The van der Waals surface area contributed by atoms with E-state index >= 15 is 0 Å². The highest BCUT2D eigenvalue weighted by atomic mass is 14.1. The van der Waals surface area contributed by atoms with Crippen molar-refractivity contribution in [2.24, 2.45) is 0 Å². The van der Waals surface area contributed by atoms with Gasteiger partial charge in [0.2, 0.25) is 0 Å². The second-order valence-corrected chi connectivity index (χ2v) is 7.68. The van der Waals surface area contributed by atoms with Gasteiger partial charge in [0.1, 0.15) is 0 Å². The fourth-order valence-corrected chi connectivity index (χ4v) is 3.86. The standard InChI is InChI=1S/C32H22/c1-3-9-25(10-4-1)15-16-26-17-19-29(20-18-26)31-13-7-8-14-32(31)30-23-21-28(22-24-30)27-11-5-2-6-12-27/h1-14,17-24H. The molecule has 0 amide bonds. The highest BCUT2D eigenvalue weighted by molar-refractivity contribution is 5.84. The molecule has 0 nitrogen and oxygen atoms in total. The zero-order chi connectivity index (χ0) is 21.6. The van der Waals surface area contributed by atoms with Crippen molar-refractivity contribution in [2.45, 2.75) is 0 Å². The van der Waals surface area contributed by atoms with Crippen molar-refractivity contribution in [1.29, 1.82) is 0 Å². The van der Waals surface area contributed by atoms with Gasteiger partial charge < -0.3 is 0 Å². The Bertz CT molecular complexity index is 1370. The molecular weight excluding hydrogens is 384 g/mol. The second-order valence-electron chi connectivity index (χ2n) is 7.68. The maximum atomic E-state index is 3.26. The van der Waals surface area contributed by atoms with Crippen LogP contribution in [0.2, 0.25) is 0 Å². The summed E-state index contributed by atoms with van der Waals surface area (Å²) in [6.45, 7) is 0. The molecule has 0 unspecified atom stereocenters. The summed E-state index contributed by atoms with van der Waals surface area (Å²) in [5, 5.41) is 0. The van der Waals surface area contributed by atoms with Crippen LogP contribution in [0.5, 0.6) is 0 Å². The second kappa shape index (κ2) is 9.21. The van der Waals surface area contributed by atoms with E-state index in [0.29, 0.717) is 0 Å². The summed E-state index contributed by atoms with van der Waals surface area (Å²) in [6, 6.07) is 46.5. The summed E-state index contributed by atoms with van der Waals surface area (Å²) in [5.74, 6) is 6.48. The molecule has 0 atom stereocenters. The van der Waals surface area contributed by atoms with Crippen molar-refractivity contribution in [2.75, 3.05) is 0 Å². The minimum Gasteiger partial charge on any atom is -0.0622 e. The van der Waals surface area contributed by atoms with Gasteiger partial charge in [-0.05, 0) is 57.6 Å². The van der Waals surface area contributed by atoms with Crippen LogP contribution in [0.15, 0.2) is 133 Å². The number of hydrogen-bond acceptors (Lipinski definition) is 0. The highest BCUT2D eigenvalue weighted by Gasteiger charge is 2.07. The lowest BCUT2D eigenvalue weighted by Crippen LogP contribution is -1.86. The Kier molecular flexibility index (Phi) is 5.64. The van der Waals surface area contributed by atoms with Crippen LogP contribution < -0.4 is 0 Å². The molecule has 0 bridgehead atoms. The Hall–Kier alpha value is -4.34. The fourth-order valence-electron chi connectivity index (χ4n) is 3.86. The van der Waals surface area contributed by atoms with Crippen LogP contribution in [0.3, 0.4) is 0 Å². The highest BCUT2D eigenvalue weighted by Crippen LogP contribution is 2.33. The van der Waals surface area contributed by atoms with E-state index in [0.717, 1.165) is 11.1 Å². The van der Waals surface area contributed by atoms with Crippen LogP contribution >= 0.6 is 0 Å². The van der Waals surface area contributed by atoms with Gasteiger partial charge in [-0.3, -0.25) is 0 Å². The Morgan fingerprint density at radius 1 is 0.281 bits per heavy atom. The Morgan fingerprint density at radius 2 is 0.656 bits per heavy atom. The van der Waals surface area contributed by atoms with Crippen molar-refractivity contribution in [3.63, 3.8) is 0 Å². The van der Waals surface area contributed by atoms with Gasteiger partial charge >= 0.3 is 0 Å². The van der Waals surface area contributed by atoms with Crippen LogP contribution in [0.25, 0.3) is 33.4 Å². The summed E-state index contributed by atoms with van der Waals surface area (Å²) < 4.78 is 0. The largest absolute Gasteiger partial charge is 0.0622 e. The minimum absolute atomic E-state index is 1.02. The SMILES string of the molecule is C(#Cc1ccc(-c2ccccc2-c2ccc(-c3ccccc3)cc2)cc1)c1ccccc1. The van der Waals surface area contributed by atoms with E-state index < -0.39 is 0 Å². The summed E-state index contributed by atoms with van der Waals surface area (Å²) >= 11 is 0. The lowest BCUT2D eigenvalue weighted by Gasteiger charge is -2.11. The third kappa shape index (κ3) is 4.38. The molecule has 5 aromatic carbocycles.